The molecule has 7 heteroatoms. The Morgan fingerprint density at radius 1 is 1.28 bits per heavy atom. The first kappa shape index (κ1) is 17.0. The normalized spacial score (nSPS) is 10.5. The molecule has 1 amide bonds. The quantitative estimate of drug-likeness (QED) is 0.656. The molecule has 0 bridgehead atoms. The van der Waals surface area contributed by atoms with E-state index in [1.165, 1.54) is 6.39 Å². The van der Waals surface area contributed by atoms with Crippen LogP contribution in [0.25, 0.3) is 0 Å². The Bertz CT molecular complexity index is 852. The van der Waals surface area contributed by atoms with Gasteiger partial charge in [0.1, 0.15) is 0 Å². The second-order valence-corrected chi connectivity index (χ2v) is 5.84. The smallest absolute Gasteiger partial charge is 0.220 e. The van der Waals surface area contributed by atoms with Crippen molar-refractivity contribution in [2.45, 2.75) is 13.0 Å². The van der Waals surface area contributed by atoms with Gasteiger partial charge in [0.2, 0.25) is 18.7 Å². The van der Waals surface area contributed by atoms with E-state index in [1.54, 1.807) is 4.90 Å². The molecule has 0 fully saturated rings. The number of hydrogen-bond acceptors (Lipinski definition) is 5. The summed E-state index contributed by atoms with van der Waals surface area (Å²) in [6, 6.07) is 13.3. The van der Waals surface area contributed by atoms with Crippen LogP contribution in [0.1, 0.15) is 17.0 Å². The molecule has 128 valence electrons. The highest BCUT2D eigenvalue weighted by molar-refractivity contribution is 6.31. The van der Waals surface area contributed by atoms with Crippen molar-refractivity contribution in [3.8, 4) is 0 Å². The number of rotatable bonds is 7. The van der Waals surface area contributed by atoms with Gasteiger partial charge in [-0.2, -0.15) is 0 Å². The highest BCUT2D eigenvalue weighted by atomic mass is 35.5. The number of amides is 1. The van der Waals surface area contributed by atoms with E-state index in [-0.39, 0.29) is 0 Å². The number of para-hydroxylation sites is 2. The van der Waals surface area contributed by atoms with E-state index in [2.05, 4.69) is 15.5 Å². The number of aromatic nitrogens is 2. The standard InChI is InChI=1S/C18H17ClN4O2/c1-20-16-4-2-3-5-17(16)23(12-24)10-13-6-7-14(15(19)8-13)9-18-22-21-11-25-18/h2-8,11-12,20H,9-10H2,1H3. The van der Waals surface area contributed by atoms with E-state index < -0.39 is 0 Å². The van der Waals surface area contributed by atoms with Crippen LogP contribution in [0.4, 0.5) is 11.4 Å². The molecule has 0 aliphatic heterocycles. The van der Waals surface area contributed by atoms with Crippen LogP contribution < -0.4 is 10.2 Å². The van der Waals surface area contributed by atoms with Gasteiger partial charge in [-0.15, -0.1) is 10.2 Å². The molecule has 25 heavy (non-hydrogen) atoms. The predicted octanol–water partition coefficient (Wildman–Crippen LogP) is 3.52. The van der Waals surface area contributed by atoms with Gasteiger partial charge in [0.05, 0.1) is 24.3 Å². The average Bonchev–Trinajstić information content (AvgIpc) is 3.15. The summed E-state index contributed by atoms with van der Waals surface area (Å²) in [5.41, 5.74) is 3.51. The van der Waals surface area contributed by atoms with Crippen molar-refractivity contribution in [3.05, 3.63) is 70.9 Å². The van der Waals surface area contributed by atoms with Crippen LogP contribution in [0.15, 0.2) is 53.3 Å². The fourth-order valence-electron chi connectivity index (χ4n) is 2.58. The maximum absolute atomic E-state index is 11.6. The van der Waals surface area contributed by atoms with Crippen molar-refractivity contribution < 1.29 is 9.21 Å². The molecule has 2 aromatic carbocycles. The summed E-state index contributed by atoms with van der Waals surface area (Å²) in [5.74, 6) is 0.507. The SMILES string of the molecule is CNc1ccccc1N(C=O)Cc1ccc(Cc2nnco2)c(Cl)c1. The molecule has 0 atom stereocenters. The summed E-state index contributed by atoms with van der Waals surface area (Å²) in [6.45, 7) is 0.419. The Kier molecular flexibility index (Phi) is 5.30. The molecule has 0 saturated carbocycles. The number of anilines is 2. The number of carbonyl (C=O) groups is 1. The van der Waals surface area contributed by atoms with Crippen molar-refractivity contribution in [1.29, 1.82) is 0 Å². The summed E-state index contributed by atoms with van der Waals surface area (Å²) in [4.78, 5) is 13.2. The van der Waals surface area contributed by atoms with E-state index in [0.29, 0.717) is 23.9 Å². The van der Waals surface area contributed by atoms with E-state index in [9.17, 15) is 4.79 Å². The summed E-state index contributed by atoms with van der Waals surface area (Å²) < 4.78 is 5.15. The van der Waals surface area contributed by atoms with Gasteiger partial charge in [-0.3, -0.25) is 4.79 Å². The van der Waals surface area contributed by atoms with Crippen molar-refractivity contribution in [3.63, 3.8) is 0 Å². The van der Waals surface area contributed by atoms with Crippen LogP contribution in [-0.2, 0) is 17.8 Å². The predicted molar refractivity (Wildman–Crippen MR) is 96.8 cm³/mol. The number of halogens is 1. The maximum atomic E-state index is 11.6. The fraction of sp³-hybridized carbons (Fsp3) is 0.167. The number of nitrogens with one attached hydrogen (secondary N) is 1. The maximum Gasteiger partial charge on any atom is 0.220 e. The van der Waals surface area contributed by atoms with Crippen LogP contribution in [-0.4, -0.2) is 23.7 Å². The van der Waals surface area contributed by atoms with Crippen molar-refractivity contribution in [2.24, 2.45) is 0 Å². The van der Waals surface area contributed by atoms with Crippen LogP contribution in [0, 0.1) is 0 Å². The highest BCUT2D eigenvalue weighted by Gasteiger charge is 2.12. The van der Waals surface area contributed by atoms with Gasteiger partial charge in [0.25, 0.3) is 0 Å². The lowest BCUT2D eigenvalue weighted by molar-refractivity contribution is -0.107. The van der Waals surface area contributed by atoms with Crippen LogP contribution in [0.2, 0.25) is 5.02 Å². The molecule has 1 N–H and O–H groups in total. The Labute approximate surface area is 150 Å². The second kappa shape index (κ2) is 7.81. The third-order valence-corrected chi connectivity index (χ3v) is 4.18. The zero-order valence-corrected chi connectivity index (χ0v) is 14.4. The first-order chi connectivity index (χ1) is 12.2. The molecule has 3 aromatic rings. The number of benzene rings is 2. The average molecular weight is 357 g/mol. The molecule has 3 rings (SSSR count). The zero-order valence-electron chi connectivity index (χ0n) is 13.6. The molecule has 0 saturated heterocycles. The molecule has 1 heterocycles. The Hall–Kier alpha value is -2.86. The van der Waals surface area contributed by atoms with Gasteiger partial charge in [0, 0.05) is 12.1 Å². The lowest BCUT2D eigenvalue weighted by atomic mass is 10.1. The number of carbonyl (C=O) groups excluding carboxylic acids is 1. The minimum Gasteiger partial charge on any atom is -0.428 e. The molecular weight excluding hydrogens is 340 g/mol. The van der Waals surface area contributed by atoms with Crippen LogP contribution in [0.3, 0.4) is 0 Å². The molecule has 0 spiro atoms. The molecule has 0 aliphatic carbocycles. The first-order valence-corrected chi connectivity index (χ1v) is 8.10. The second-order valence-electron chi connectivity index (χ2n) is 5.44. The van der Waals surface area contributed by atoms with Crippen molar-refractivity contribution >= 4 is 29.4 Å². The monoisotopic (exact) mass is 356 g/mol. The largest absolute Gasteiger partial charge is 0.428 e. The summed E-state index contributed by atoms with van der Waals surface area (Å²) in [5, 5.41) is 11.2. The van der Waals surface area contributed by atoms with Crippen LogP contribution >= 0.6 is 11.6 Å². The number of hydrogen-bond donors (Lipinski definition) is 1. The minimum absolute atomic E-state index is 0.419. The first-order valence-electron chi connectivity index (χ1n) is 7.72. The van der Waals surface area contributed by atoms with E-state index >= 15 is 0 Å². The molecule has 0 radical (unpaired) electrons. The molecule has 0 aliphatic rings. The van der Waals surface area contributed by atoms with Crippen LogP contribution in [0.5, 0.6) is 0 Å². The molecular formula is C18H17ClN4O2. The Morgan fingerprint density at radius 2 is 2.12 bits per heavy atom. The van der Waals surface area contributed by atoms with E-state index in [4.69, 9.17) is 16.0 Å². The van der Waals surface area contributed by atoms with Gasteiger partial charge in [0.15, 0.2) is 0 Å². The summed E-state index contributed by atoms with van der Waals surface area (Å²) >= 11 is 6.37. The van der Waals surface area contributed by atoms with E-state index in [1.807, 2.05) is 49.5 Å². The van der Waals surface area contributed by atoms with Gasteiger partial charge < -0.3 is 14.6 Å². The topological polar surface area (TPSA) is 71.3 Å². The lowest BCUT2D eigenvalue weighted by Crippen LogP contribution is -2.21. The minimum atomic E-state index is 0.419. The fourth-order valence-corrected chi connectivity index (χ4v) is 2.85. The van der Waals surface area contributed by atoms with Gasteiger partial charge in [-0.1, -0.05) is 35.9 Å². The lowest BCUT2D eigenvalue weighted by Gasteiger charge is -2.21. The third-order valence-electron chi connectivity index (χ3n) is 3.83. The molecule has 1 aromatic heterocycles. The molecule has 6 nitrogen and oxygen atoms in total. The zero-order chi connectivity index (χ0) is 17.6. The summed E-state index contributed by atoms with van der Waals surface area (Å²) in [6.07, 6.45) is 2.58. The Morgan fingerprint density at radius 3 is 2.80 bits per heavy atom. The van der Waals surface area contributed by atoms with Gasteiger partial charge in [-0.05, 0) is 29.3 Å². The highest BCUT2D eigenvalue weighted by Crippen LogP contribution is 2.27. The van der Waals surface area contributed by atoms with Gasteiger partial charge in [-0.25, -0.2) is 0 Å². The molecule has 0 unspecified atom stereocenters. The van der Waals surface area contributed by atoms with E-state index in [0.717, 1.165) is 28.9 Å². The van der Waals surface area contributed by atoms with Gasteiger partial charge >= 0.3 is 0 Å². The number of nitrogens with zero attached hydrogens (tertiary/aromatic N) is 3. The summed E-state index contributed by atoms with van der Waals surface area (Å²) in [7, 11) is 1.82. The van der Waals surface area contributed by atoms with Crippen molar-refractivity contribution in [2.75, 3.05) is 17.3 Å². The van der Waals surface area contributed by atoms with Crippen molar-refractivity contribution in [1.82, 2.24) is 10.2 Å². The Balaban J connectivity index is 1.79. The third kappa shape index (κ3) is 3.97.